The third-order valence-electron chi connectivity index (χ3n) is 3.17. The van der Waals surface area contributed by atoms with Gasteiger partial charge in [0, 0.05) is 19.7 Å². The smallest absolute Gasteiger partial charge is 0.315 e. The molecule has 0 unspecified atom stereocenters. The number of urea groups is 1. The first kappa shape index (κ1) is 12.3. The maximum absolute atomic E-state index is 11.4. The van der Waals surface area contributed by atoms with Gasteiger partial charge in [-0.2, -0.15) is 0 Å². The second kappa shape index (κ2) is 5.95. The Morgan fingerprint density at radius 1 is 1.47 bits per heavy atom. The third kappa shape index (κ3) is 4.08. The summed E-state index contributed by atoms with van der Waals surface area (Å²) in [6, 6.07) is 0.204. The molecule has 88 valence electrons. The lowest BCUT2D eigenvalue weighted by Crippen LogP contribution is -2.47. The van der Waals surface area contributed by atoms with Crippen LogP contribution in [0.15, 0.2) is 0 Å². The Morgan fingerprint density at radius 3 is 2.60 bits per heavy atom. The Morgan fingerprint density at radius 2 is 2.13 bits per heavy atom. The SMILES string of the molecule is CO[C@@H](C)CNC(=O)N[C@@H](C)C1CCC1. The van der Waals surface area contributed by atoms with Gasteiger partial charge in [-0.3, -0.25) is 0 Å². The minimum Gasteiger partial charge on any atom is -0.380 e. The normalized spacial score (nSPS) is 20.2. The molecule has 1 rings (SSSR count). The number of rotatable bonds is 5. The fourth-order valence-corrected chi connectivity index (χ4v) is 1.64. The van der Waals surface area contributed by atoms with Crippen LogP contribution in [0.4, 0.5) is 4.79 Å². The maximum atomic E-state index is 11.4. The fraction of sp³-hybridized carbons (Fsp3) is 0.909. The van der Waals surface area contributed by atoms with Gasteiger partial charge in [-0.1, -0.05) is 6.42 Å². The van der Waals surface area contributed by atoms with E-state index >= 15 is 0 Å². The van der Waals surface area contributed by atoms with E-state index in [-0.39, 0.29) is 18.2 Å². The summed E-state index contributed by atoms with van der Waals surface area (Å²) in [6.45, 7) is 4.55. The third-order valence-corrected chi connectivity index (χ3v) is 3.17. The van der Waals surface area contributed by atoms with Gasteiger partial charge in [0.2, 0.25) is 0 Å². The van der Waals surface area contributed by atoms with Gasteiger partial charge in [0.25, 0.3) is 0 Å². The van der Waals surface area contributed by atoms with E-state index in [1.807, 2.05) is 6.92 Å². The number of methoxy groups -OCH3 is 1. The lowest BCUT2D eigenvalue weighted by atomic mass is 9.80. The average molecular weight is 214 g/mol. The molecular formula is C11H22N2O2. The lowest BCUT2D eigenvalue weighted by Gasteiger charge is -2.31. The van der Waals surface area contributed by atoms with Crippen molar-refractivity contribution in [2.75, 3.05) is 13.7 Å². The summed E-state index contributed by atoms with van der Waals surface area (Å²) in [6.07, 6.45) is 3.86. The van der Waals surface area contributed by atoms with Crippen LogP contribution in [0, 0.1) is 5.92 Å². The van der Waals surface area contributed by atoms with Crippen molar-refractivity contribution in [2.45, 2.75) is 45.3 Å². The van der Waals surface area contributed by atoms with Crippen molar-refractivity contribution >= 4 is 6.03 Å². The van der Waals surface area contributed by atoms with Gasteiger partial charge in [-0.25, -0.2) is 4.79 Å². The van der Waals surface area contributed by atoms with Gasteiger partial charge in [0.1, 0.15) is 0 Å². The first-order valence-corrected chi connectivity index (χ1v) is 5.70. The Kier molecular flexibility index (Phi) is 4.88. The summed E-state index contributed by atoms with van der Waals surface area (Å²) in [4.78, 5) is 11.4. The molecule has 0 aromatic carbocycles. The van der Waals surface area contributed by atoms with Gasteiger partial charge < -0.3 is 15.4 Å². The first-order valence-electron chi connectivity index (χ1n) is 5.70. The highest BCUT2D eigenvalue weighted by Gasteiger charge is 2.24. The molecule has 0 aromatic heterocycles. The number of hydrogen-bond donors (Lipinski definition) is 2. The van der Waals surface area contributed by atoms with Crippen molar-refractivity contribution in [1.29, 1.82) is 0 Å². The topological polar surface area (TPSA) is 50.4 Å². The average Bonchev–Trinajstić information content (AvgIpc) is 2.11. The van der Waals surface area contributed by atoms with Crippen LogP contribution in [0.3, 0.4) is 0 Å². The highest BCUT2D eigenvalue weighted by Crippen LogP contribution is 2.29. The monoisotopic (exact) mass is 214 g/mol. The van der Waals surface area contributed by atoms with E-state index in [1.165, 1.54) is 19.3 Å². The molecule has 0 aromatic rings. The highest BCUT2D eigenvalue weighted by molar-refractivity contribution is 5.74. The minimum absolute atomic E-state index is 0.0646. The lowest BCUT2D eigenvalue weighted by molar-refractivity contribution is 0.118. The van der Waals surface area contributed by atoms with Crippen LogP contribution in [0.1, 0.15) is 33.1 Å². The largest absolute Gasteiger partial charge is 0.380 e. The number of amides is 2. The molecule has 15 heavy (non-hydrogen) atoms. The van der Waals surface area contributed by atoms with Crippen molar-refractivity contribution in [3.8, 4) is 0 Å². The zero-order valence-corrected chi connectivity index (χ0v) is 9.88. The first-order chi connectivity index (χ1) is 7.13. The molecule has 0 heterocycles. The predicted molar refractivity (Wildman–Crippen MR) is 59.8 cm³/mol. The Hall–Kier alpha value is -0.770. The van der Waals surface area contributed by atoms with Crippen LogP contribution in [0.5, 0.6) is 0 Å². The fourth-order valence-electron chi connectivity index (χ4n) is 1.64. The van der Waals surface area contributed by atoms with Crippen molar-refractivity contribution in [1.82, 2.24) is 10.6 Å². The standard InChI is InChI=1S/C11H22N2O2/c1-8(15-3)7-12-11(14)13-9(2)10-5-4-6-10/h8-10H,4-7H2,1-3H3,(H2,12,13,14)/t8-,9-/m0/s1. The van der Waals surface area contributed by atoms with Crippen LogP contribution in [-0.4, -0.2) is 31.8 Å². The van der Waals surface area contributed by atoms with Gasteiger partial charge >= 0.3 is 6.03 Å². The van der Waals surface area contributed by atoms with Gasteiger partial charge in [0.05, 0.1) is 6.10 Å². The Balaban J connectivity index is 2.11. The quantitative estimate of drug-likeness (QED) is 0.729. The van der Waals surface area contributed by atoms with Crippen LogP contribution in [0.2, 0.25) is 0 Å². The number of hydrogen-bond acceptors (Lipinski definition) is 2. The van der Waals surface area contributed by atoms with E-state index in [9.17, 15) is 4.79 Å². The Labute approximate surface area is 91.8 Å². The van der Waals surface area contributed by atoms with Crippen LogP contribution >= 0.6 is 0 Å². The molecule has 1 saturated carbocycles. The van der Waals surface area contributed by atoms with Gasteiger partial charge in [-0.15, -0.1) is 0 Å². The van der Waals surface area contributed by atoms with Gasteiger partial charge in [0.15, 0.2) is 0 Å². The summed E-state index contributed by atoms with van der Waals surface area (Å²) in [5.41, 5.74) is 0. The van der Waals surface area contributed by atoms with Crippen molar-refractivity contribution < 1.29 is 9.53 Å². The number of carbonyl (C=O) groups is 1. The molecule has 0 spiro atoms. The molecule has 1 fully saturated rings. The Bertz CT molecular complexity index is 205. The number of nitrogens with one attached hydrogen (secondary N) is 2. The van der Waals surface area contributed by atoms with E-state index in [0.717, 1.165) is 0 Å². The van der Waals surface area contributed by atoms with Crippen LogP contribution < -0.4 is 10.6 Å². The molecule has 2 amide bonds. The molecule has 2 atom stereocenters. The molecule has 4 nitrogen and oxygen atoms in total. The number of ether oxygens (including phenoxy) is 1. The minimum atomic E-state index is -0.0849. The van der Waals surface area contributed by atoms with Crippen LogP contribution in [-0.2, 0) is 4.74 Å². The summed E-state index contributed by atoms with van der Waals surface area (Å²) in [5.74, 6) is 0.676. The van der Waals surface area contributed by atoms with E-state index in [2.05, 4.69) is 17.6 Å². The molecule has 0 aliphatic heterocycles. The summed E-state index contributed by atoms with van der Waals surface area (Å²) in [7, 11) is 1.64. The second-order valence-corrected chi connectivity index (χ2v) is 4.38. The molecule has 4 heteroatoms. The van der Waals surface area contributed by atoms with Crippen molar-refractivity contribution in [2.24, 2.45) is 5.92 Å². The van der Waals surface area contributed by atoms with E-state index in [4.69, 9.17) is 4.74 Å². The molecule has 1 aliphatic rings. The zero-order chi connectivity index (χ0) is 11.3. The molecule has 0 saturated heterocycles. The summed E-state index contributed by atoms with van der Waals surface area (Å²) in [5, 5.41) is 5.75. The predicted octanol–water partition coefficient (Wildman–Crippen LogP) is 1.51. The summed E-state index contributed by atoms with van der Waals surface area (Å²) >= 11 is 0. The van der Waals surface area contributed by atoms with E-state index in [1.54, 1.807) is 7.11 Å². The zero-order valence-electron chi connectivity index (χ0n) is 9.88. The molecule has 1 aliphatic carbocycles. The molecule has 2 N–H and O–H groups in total. The van der Waals surface area contributed by atoms with E-state index < -0.39 is 0 Å². The maximum Gasteiger partial charge on any atom is 0.315 e. The second-order valence-electron chi connectivity index (χ2n) is 4.38. The van der Waals surface area contributed by atoms with E-state index in [0.29, 0.717) is 12.5 Å². The highest BCUT2D eigenvalue weighted by atomic mass is 16.5. The molecule has 0 radical (unpaired) electrons. The van der Waals surface area contributed by atoms with Crippen LogP contribution in [0.25, 0.3) is 0 Å². The number of carbonyl (C=O) groups excluding carboxylic acids is 1. The van der Waals surface area contributed by atoms with Crippen molar-refractivity contribution in [3.05, 3.63) is 0 Å². The molecular weight excluding hydrogens is 192 g/mol. The molecule has 0 bridgehead atoms. The summed E-state index contributed by atoms with van der Waals surface area (Å²) < 4.78 is 5.04. The van der Waals surface area contributed by atoms with Crippen molar-refractivity contribution in [3.63, 3.8) is 0 Å². The van der Waals surface area contributed by atoms with Gasteiger partial charge in [-0.05, 0) is 32.6 Å².